The molecule has 0 spiro atoms. The van der Waals surface area contributed by atoms with Crippen LogP contribution in [0.4, 0.5) is 0 Å². The van der Waals surface area contributed by atoms with Crippen LogP contribution in [0.25, 0.3) is 0 Å². The van der Waals surface area contributed by atoms with Crippen molar-refractivity contribution in [2.45, 2.75) is 19.9 Å². The summed E-state index contributed by atoms with van der Waals surface area (Å²) in [4.78, 5) is 13.5. The molecule has 1 aromatic carbocycles. The van der Waals surface area contributed by atoms with Gasteiger partial charge in [0, 0.05) is 12.1 Å². The second-order valence-electron chi connectivity index (χ2n) is 4.84. The van der Waals surface area contributed by atoms with Gasteiger partial charge < -0.3 is 15.4 Å². The van der Waals surface area contributed by atoms with Crippen LogP contribution in [0.2, 0.25) is 5.02 Å². The highest BCUT2D eigenvalue weighted by atomic mass is 35.5. The smallest absolute Gasteiger partial charge is 0.239 e. The van der Waals surface area contributed by atoms with E-state index in [9.17, 15) is 4.79 Å². The zero-order valence-corrected chi connectivity index (χ0v) is 12.4. The Morgan fingerprint density at radius 2 is 2.16 bits per heavy atom. The van der Waals surface area contributed by atoms with Crippen LogP contribution in [0, 0.1) is 5.92 Å². The third kappa shape index (κ3) is 5.09. The maximum Gasteiger partial charge on any atom is 0.239 e. The lowest BCUT2D eigenvalue weighted by Crippen LogP contribution is -2.46. The predicted octanol–water partition coefficient (Wildman–Crippen LogP) is 2.16. The molecule has 0 heterocycles. The molecule has 0 aliphatic heterocycles. The number of benzene rings is 1. The van der Waals surface area contributed by atoms with E-state index >= 15 is 0 Å². The zero-order valence-electron chi connectivity index (χ0n) is 11.6. The van der Waals surface area contributed by atoms with E-state index in [0.717, 1.165) is 0 Å². The molecule has 1 rings (SSSR count). The molecular weight excluding hydrogens is 264 g/mol. The molecule has 0 fully saturated rings. The number of likely N-dealkylation sites (N-methyl/N-ethyl adjacent to an activating group) is 1. The molecule has 0 aliphatic rings. The summed E-state index contributed by atoms with van der Waals surface area (Å²) in [7, 11) is 1.73. The van der Waals surface area contributed by atoms with E-state index in [1.807, 2.05) is 26.0 Å². The van der Waals surface area contributed by atoms with Gasteiger partial charge in [-0.15, -0.1) is 0 Å². The number of hydrogen-bond donors (Lipinski definition) is 1. The van der Waals surface area contributed by atoms with Crippen LogP contribution in [0.1, 0.15) is 13.8 Å². The van der Waals surface area contributed by atoms with Gasteiger partial charge in [-0.05, 0) is 24.1 Å². The number of hydrogen-bond acceptors (Lipinski definition) is 3. The van der Waals surface area contributed by atoms with Gasteiger partial charge in [-0.25, -0.2) is 0 Å². The first-order valence-corrected chi connectivity index (χ1v) is 6.68. The van der Waals surface area contributed by atoms with E-state index in [2.05, 4.69) is 0 Å². The van der Waals surface area contributed by atoms with Crippen molar-refractivity contribution in [3.63, 3.8) is 0 Å². The standard InChI is InChI=1S/C14H21ClN2O2/c1-10(2)13(16)14(18)17(3)7-8-19-12-6-4-5-11(15)9-12/h4-6,9-10,13H,7-8,16H2,1-3H3. The summed E-state index contributed by atoms with van der Waals surface area (Å²) in [6.45, 7) is 4.76. The number of nitrogens with zero attached hydrogens (tertiary/aromatic N) is 1. The average Bonchev–Trinajstić information content (AvgIpc) is 2.36. The third-order valence-corrected chi connectivity index (χ3v) is 3.11. The predicted molar refractivity (Wildman–Crippen MR) is 77.4 cm³/mol. The first-order valence-electron chi connectivity index (χ1n) is 6.30. The molecule has 0 saturated heterocycles. The van der Waals surface area contributed by atoms with Gasteiger partial charge in [0.25, 0.3) is 0 Å². The molecule has 106 valence electrons. The number of carbonyl (C=O) groups is 1. The molecule has 0 bridgehead atoms. The molecule has 19 heavy (non-hydrogen) atoms. The number of halogens is 1. The molecule has 0 aromatic heterocycles. The van der Waals surface area contributed by atoms with Crippen molar-refractivity contribution in [3.8, 4) is 5.75 Å². The van der Waals surface area contributed by atoms with Crippen LogP contribution in [0.5, 0.6) is 5.75 Å². The van der Waals surface area contributed by atoms with E-state index < -0.39 is 6.04 Å². The van der Waals surface area contributed by atoms with E-state index in [4.69, 9.17) is 22.1 Å². The van der Waals surface area contributed by atoms with Crippen LogP contribution in [0.15, 0.2) is 24.3 Å². The Kier molecular flexibility index (Phi) is 6.12. The molecule has 1 amide bonds. The molecule has 1 unspecified atom stereocenters. The Balaban J connectivity index is 2.38. The summed E-state index contributed by atoms with van der Waals surface area (Å²) in [6, 6.07) is 6.71. The highest BCUT2D eigenvalue weighted by Gasteiger charge is 2.20. The normalized spacial score (nSPS) is 12.3. The highest BCUT2D eigenvalue weighted by Crippen LogP contribution is 2.16. The Bertz CT molecular complexity index is 424. The van der Waals surface area contributed by atoms with Crippen molar-refractivity contribution in [1.29, 1.82) is 0 Å². The summed E-state index contributed by atoms with van der Waals surface area (Å²) in [6.07, 6.45) is 0. The number of ether oxygens (including phenoxy) is 1. The number of amides is 1. The summed E-state index contributed by atoms with van der Waals surface area (Å²) in [5.41, 5.74) is 5.81. The number of carbonyl (C=O) groups excluding carboxylic acids is 1. The molecule has 4 nitrogen and oxygen atoms in total. The highest BCUT2D eigenvalue weighted by molar-refractivity contribution is 6.30. The minimum Gasteiger partial charge on any atom is -0.492 e. The Morgan fingerprint density at radius 3 is 2.74 bits per heavy atom. The topological polar surface area (TPSA) is 55.6 Å². The summed E-state index contributed by atoms with van der Waals surface area (Å²) in [5.74, 6) is 0.759. The monoisotopic (exact) mass is 284 g/mol. The maximum absolute atomic E-state index is 11.9. The second-order valence-corrected chi connectivity index (χ2v) is 5.27. The third-order valence-electron chi connectivity index (χ3n) is 2.87. The van der Waals surface area contributed by atoms with Gasteiger partial charge in [-0.3, -0.25) is 4.79 Å². The summed E-state index contributed by atoms with van der Waals surface area (Å²) >= 11 is 5.85. The van der Waals surface area contributed by atoms with Gasteiger partial charge in [0.15, 0.2) is 0 Å². The van der Waals surface area contributed by atoms with Crippen molar-refractivity contribution >= 4 is 17.5 Å². The number of rotatable bonds is 6. The van der Waals surface area contributed by atoms with Crippen molar-refractivity contribution in [2.24, 2.45) is 11.7 Å². The largest absolute Gasteiger partial charge is 0.492 e. The first-order chi connectivity index (χ1) is 8.91. The molecular formula is C14H21ClN2O2. The lowest BCUT2D eigenvalue weighted by Gasteiger charge is -2.23. The quantitative estimate of drug-likeness (QED) is 0.871. The maximum atomic E-state index is 11.9. The first kappa shape index (κ1) is 15.8. The van der Waals surface area contributed by atoms with Gasteiger partial charge in [0.05, 0.1) is 12.6 Å². The van der Waals surface area contributed by atoms with Crippen molar-refractivity contribution < 1.29 is 9.53 Å². The van der Waals surface area contributed by atoms with E-state index in [-0.39, 0.29) is 11.8 Å². The average molecular weight is 285 g/mol. The molecule has 0 saturated carbocycles. The minimum absolute atomic E-state index is 0.0651. The Labute approximate surface area is 119 Å². The molecule has 2 N–H and O–H groups in total. The van der Waals surface area contributed by atoms with Crippen molar-refractivity contribution in [1.82, 2.24) is 4.90 Å². The van der Waals surface area contributed by atoms with Gasteiger partial charge in [-0.1, -0.05) is 31.5 Å². The van der Waals surface area contributed by atoms with Crippen LogP contribution < -0.4 is 10.5 Å². The molecule has 5 heteroatoms. The van der Waals surface area contributed by atoms with Crippen LogP contribution in [-0.4, -0.2) is 37.0 Å². The van der Waals surface area contributed by atoms with Crippen LogP contribution >= 0.6 is 11.6 Å². The van der Waals surface area contributed by atoms with E-state index in [1.165, 1.54) is 0 Å². The fraction of sp³-hybridized carbons (Fsp3) is 0.500. The lowest BCUT2D eigenvalue weighted by atomic mass is 10.0. The summed E-state index contributed by atoms with van der Waals surface area (Å²) < 4.78 is 5.53. The van der Waals surface area contributed by atoms with Gasteiger partial charge >= 0.3 is 0 Å². The van der Waals surface area contributed by atoms with Crippen molar-refractivity contribution in [2.75, 3.05) is 20.2 Å². The SMILES string of the molecule is CC(C)C(N)C(=O)N(C)CCOc1cccc(Cl)c1. The van der Waals surface area contributed by atoms with Gasteiger partial charge in [-0.2, -0.15) is 0 Å². The zero-order chi connectivity index (χ0) is 14.4. The van der Waals surface area contributed by atoms with E-state index in [0.29, 0.717) is 23.9 Å². The van der Waals surface area contributed by atoms with Gasteiger partial charge in [0.2, 0.25) is 5.91 Å². The number of nitrogens with two attached hydrogens (primary N) is 1. The fourth-order valence-corrected chi connectivity index (χ4v) is 1.69. The summed E-state index contributed by atoms with van der Waals surface area (Å²) in [5, 5.41) is 0.628. The van der Waals surface area contributed by atoms with Crippen molar-refractivity contribution in [3.05, 3.63) is 29.3 Å². The Hall–Kier alpha value is -1.26. The Morgan fingerprint density at radius 1 is 1.47 bits per heavy atom. The van der Waals surface area contributed by atoms with Crippen LogP contribution in [-0.2, 0) is 4.79 Å². The van der Waals surface area contributed by atoms with Gasteiger partial charge in [0.1, 0.15) is 12.4 Å². The van der Waals surface area contributed by atoms with Crippen LogP contribution in [0.3, 0.4) is 0 Å². The lowest BCUT2D eigenvalue weighted by molar-refractivity contribution is -0.132. The minimum atomic E-state index is -0.462. The fourth-order valence-electron chi connectivity index (χ4n) is 1.51. The molecule has 1 atom stereocenters. The molecule has 0 radical (unpaired) electrons. The molecule has 1 aromatic rings. The molecule has 0 aliphatic carbocycles. The second kappa shape index (κ2) is 7.36. The van der Waals surface area contributed by atoms with E-state index in [1.54, 1.807) is 24.1 Å².